The van der Waals surface area contributed by atoms with Crippen molar-refractivity contribution in [3.8, 4) is 0 Å². The second-order valence-corrected chi connectivity index (χ2v) is 8.84. The molecule has 6 heteroatoms. The van der Waals surface area contributed by atoms with Crippen molar-refractivity contribution >= 4 is 17.6 Å². The van der Waals surface area contributed by atoms with Gasteiger partial charge in [0.1, 0.15) is 0 Å². The van der Waals surface area contributed by atoms with E-state index < -0.39 is 0 Å². The molecule has 2 saturated heterocycles. The Labute approximate surface area is 167 Å². The van der Waals surface area contributed by atoms with Crippen molar-refractivity contribution in [2.24, 2.45) is 5.92 Å². The summed E-state index contributed by atoms with van der Waals surface area (Å²) in [5.74, 6) is 0.850. The van der Waals surface area contributed by atoms with Gasteiger partial charge in [-0.3, -0.25) is 14.6 Å². The molecule has 2 aliphatic heterocycles. The van der Waals surface area contributed by atoms with E-state index in [1.807, 2.05) is 24.1 Å². The first-order valence-corrected chi connectivity index (χ1v) is 10.8. The number of hydrogen-bond donors (Lipinski definition) is 0. The van der Waals surface area contributed by atoms with E-state index in [9.17, 15) is 9.59 Å². The summed E-state index contributed by atoms with van der Waals surface area (Å²) in [6.45, 7) is 5.38. The Morgan fingerprint density at radius 3 is 2.25 bits per heavy atom. The second-order valence-electron chi connectivity index (χ2n) is 8.84. The number of hydrogen-bond acceptors (Lipinski definition) is 3. The maximum absolute atomic E-state index is 12.9. The summed E-state index contributed by atoms with van der Waals surface area (Å²) in [4.78, 5) is 33.3. The Hall–Kier alpha value is -2.08. The topological polar surface area (TPSA) is 47.1 Å². The van der Waals surface area contributed by atoms with Crippen LogP contribution < -0.4 is 4.90 Å². The lowest BCUT2D eigenvalue weighted by Crippen LogP contribution is -2.53. The van der Waals surface area contributed by atoms with Crippen LogP contribution in [0.25, 0.3) is 0 Å². The number of carbonyl (C=O) groups excluding carboxylic acids is 2. The van der Waals surface area contributed by atoms with Crippen molar-refractivity contribution in [1.29, 1.82) is 0 Å². The Balaban J connectivity index is 1.16. The highest BCUT2D eigenvalue weighted by Gasteiger charge is 2.46. The summed E-state index contributed by atoms with van der Waals surface area (Å²) in [5, 5.41) is 0. The minimum absolute atomic E-state index is 0.0632. The van der Waals surface area contributed by atoms with E-state index in [1.165, 1.54) is 24.8 Å². The molecule has 1 aromatic carbocycles. The van der Waals surface area contributed by atoms with Crippen molar-refractivity contribution in [2.75, 3.05) is 51.2 Å². The number of rotatable bonds is 4. The lowest BCUT2D eigenvalue weighted by molar-refractivity contribution is -0.135. The zero-order valence-electron chi connectivity index (χ0n) is 16.7. The van der Waals surface area contributed by atoms with Crippen LogP contribution in [-0.2, 0) is 4.79 Å². The van der Waals surface area contributed by atoms with Gasteiger partial charge in [-0.15, -0.1) is 0 Å². The normalized spacial score (nSPS) is 28.6. The second kappa shape index (κ2) is 7.07. The Bertz CT molecular complexity index is 752. The third-order valence-electron chi connectivity index (χ3n) is 7.17. The molecule has 2 saturated carbocycles. The third-order valence-corrected chi connectivity index (χ3v) is 7.17. The van der Waals surface area contributed by atoms with E-state index >= 15 is 0 Å². The highest BCUT2D eigenvalue weighted by Crippen LogP contribution is 2.49. The van der Waals surface area contributed by atoms with Crippen molar-refractivity contribution in [1.82, 2.24) is 14.7 Å². The first-order chi connectivity index (χ1) is 13.6. The number of benzene rings is 1. The van der Waals surface area contributed by atoms with Gasteiger partial charge in [-0.25, -0.2) is 4.79 Å². The third kappa shape index (κ3) is 3.17. The van der Waals surface area contributed by atoms with Gasteiger partial charge < -0.3 is 9.80 Å². The molecule has 0 bridgehead atoms. The molecule has 4 fully saturated rings. The minimum Gasteiger partial charge on any atom is -0.340 e. The van der Waals surface area contributed by atoms with Crippen molar-refractivity contribution in [2.45, 2.75) is 37.6 Å². The highest BCUT2D eigenvalue weighted by atomic mass is 16.2. The fourth-order valence-electron chi connectivity index (χ4n) is 4.92. The Kier molecular flexibility index (Phi) is 4.54. The molecular weight excluding hydrogens is 352 g/mol. The number of anilines is 1. The molecule has 2 heterocycles. The van der Waals surface area contributed by atoms with E-state index in [0.29, 0.717) is 11.8 Å². The predicted molar refractivity (Wildman–Crippen MR) is 108 cm³/mol. The summed E-state index contributed by atoms with van der Waals surface area (Å²) < 4.78 is 0. The first kappa shape index (κ1) is 18.0. The smallest absolute Gasteiger partial charge is 0.324 e. The maximum Gasteiger partial charge on any atom is 0.324 e. The van der Waals surface area contributed by atoms with Gasteiger partial charge in [0.25, 0.3) is 0 Å². The first-order valence-electron chi connectivity index (χ1n) is 10.8. The van der Waals surface area contributed by atoms with Crippen LogP contribution in [0.5, 0.6) is 0 Å². The van der Waals surface area contributed by atoms with E-state index in [2.05, 4.69) is 21.9 Å². The van der Waals surface area contributed by atoms with Gasteiger partial charge >= 0.3 is 6.03 Å². The Morgan fingerprint density at radius 1 is 0.964 bits per heavy atom. The van der Waals surface area contributed by atoms with E-state index in [0.717, 1.165) is 57.4 Å². The molecule has 0 unspecified atom stereocenters. The summed E-state index contributed by atoms with van der Waals surface area (Å²) in [5.41, 5.74) is 2.18. The summed E-state index contributed by atoms with van der Waals surface area (Å²) in [6.07, 6.45) is 5.02. The van der Waals surface area contributed by atoms with Gasteiger partial charge in [0.05, 0.1) is 0 Å². The SMILES string of the molecule is CN1CCN(c2ccc([C@H]3C[C@@H]3C(=O)N3CCN(C4CCC4)CC3)cc2)C1=O. The van der Waals surface area contributed by atoms with Crippen LogP contribution in [0.2, 0.25) is 0 Å². The van der Waals surface area contributed by atoms with Crippen LogP contribution in [0.1, 0.15) is 37.2 Å². The maximum atomic E-state index is 12.9. The van der Waals surface area contributed by atoms with Crippen molar-refractivity contribution in [3.63, 3.8) is 0 Å². The molecule has 3 amide bonds. The van der Waals surface area contributed by atoms with Crippen LogP contribution in [0.3, 0.4) is 0 Å². The summed E-state index contributed by atoms with van der Waals surface area (Å²) in [6, 6.07) is 9.12. The van der Waals surface area contributed by atoms with Crippen LogP contribution in [0, 0.1) is 5.92 Å². The largest absolute Gasteiger partial charge is 0.340 e. The fraction of sp³-hybridized carbons (Fsp3) is 0.636. The molecule has 4 aliphatic rings. The van der Waals surface area contributed by atoms with Gasteiger partial charge in [0, 0.05) is 64.0 Å². The van der Waals surface area contributed by atoms with Crippen LogP contribution in [-0.4, -0.2) is 79.0 Å². The molecule has 2 atom stereocenters. The highest BCUT2D eigenvalue weighted by molar-refractivity contribution is 5.94. The molecular formula is C22H30N4O2. The monoisotopic (exact) mass is 382 g/mol. The molecule has 28 heavy (non-hydrogen) atoms. The molecule has 0 N–H and O–H groups in total. The van der Waals surface area contributed by atoms with Crippen LogP contribution >= 0.6 is 0 Å². The number of amides is 3. The van der Waals surface area contributed by atoms with E-state index in [4.69, 9.17) is 0 Å². The predicted octanol–water partition coefficient (Wildman–Crippen LogP) is 2.36. The summed E-state index contributed by atoms with van der Waals surface area (Å²) in [7, 11) is 1.84. The molecule has 6 nitrogen and oxygen atoms in total. The molecule has 0 aromatic heterocycles. The minimum atomic E-state index is 0.0632. The molecule has 0 spiro atoms. The van der Waals surface area contributed by atoms with Crippen molar-refractivity contribution < 1.29 is 9.59 Å². The Morgan fingerprint density at radius 2 is 1.68 bits per heavy atom. The molecule has 2 aliphatic carbocycles. The van der Waals surface area contributed by atoms with Gasteiger partial charge in [0.2, 0.25) is 5.91 Å². The van der Waals surface area contributed by atoms with Crippen LogP contribution in [0.4, 0.5) is 10.5 Å². The van der Waals surface area contributed by atoms with Gasteiger partial charge in [0.15, 0.2) is 0 Å². The van der Waals surface area contributed by atoms with Crippen LogP contribution in [0.15, 0.2) is 24.3 Å². The number of nitrogens with zero attached hydrogens (tertiary/aromatic N) is 4. The van der Waals surface area contributed by atoms with Crippen molar-refractivity contribution in [3.05, 3.63) is 29.8 Å². The van der Waals surface area contributed by atoms with Gasteiger partial charge in [-0.2, -0.15) is 0 Å². The summed E-state index contributed by atoms with van der Waals surface area (Å²) >= 11 is 0. The standard InChI is InChI=1S/C22H30N4O2/c1-23-9-14-26(22(23)28)18-7-5-16(6-8-18)19-15-20(19)21(27)25-12-10-24(11-13-25)17-3-2-4-17/h5-8,17,19-20H,2-4,9-15H2,1H3/t19-,20+/m1/s1. The number of carbonyl (C=O) groups is 2. The number of urea groups is 1. The van der Waals surface area contributed by atoms with Gasteiger partial charge in [-0.1, -0.05) is 18.6 Å². The lowest BCUT2D eigenvalue weighted by Gasteiger charge is -2.43. The number of likely N-dealkylation sites (N-methyl/N-ethyl adjacent to an activating group) is 1. The number of piperazine rings is 1. The molecule has 1 aromatic rings. The quantitative estimate of drug-likeness (QED) is 0.803. The zero-order chi connectivity index (χ0) is 19.3. The van der Waals surface area contributed by atoms with E-state index in [1.54, 1.807) is 4.90 Å². The van der Waals surface area contributed by atoms with E-state index in [-0.39, 0.29) is 11.9 Å². The molecule has 0 radical (unpaired) electrons. The molecule has 150 valence electrons. The molecule has 5 rings (SSSR count). The average molecular weight is 383 g/mol. The zero-order valence-corrected chi connectivity index (χ0v) is 16.7. The average Bonchev–Trinajstić information content (AvgIpc) is 3.41. The lowest BCUT2D eigenvalue weighted by atomic mass is 9.91. The van der Waals surface area contributed by atoms with Gasteiger partial charge in [-0.05, 0) is 42.9 Å². The fourth-order valence-corrected chi connectivity index (χ4v) is 4.92.